The predicted octanol–water partition coefficient (Wildman–Crippen LogP) is 4.26. The predicted molar refractivity (Wildman–Crippen MR) is 105 cm³/mol. The molecular formula is C19H21ClN6. The minimum Gasteiger partial charge on any atom is -0.368 e. The van der Waals surface area contributed by atoms with Gasteiger partial charge in [0.25, 0.3) is 0 Å². The summed E-state index contributed by atoms with van der Waals surface area (Å²) < 4.78 is 0. The number of benzene rings is 2. The van der Waals surface area contributed by atoms with Crippen LogP contribution in [-0.4, -0.2) is 15.0 Å². The Bertz CT molecular complexity index is 854. The summed E-state index contributed by atoms with van der Waals surface area (Å²) in [7, 11) is 0. The van der Waals surface area contributed by atoms with Crippen LogP contribution in [0.25, 0.3) is 0 Å². The summed E-state index contributed by atoms with van der Waals surface area (Å²) in [4.78, 5) is 12.9. The molecule has 0 saturated carbocycles. The normalized spacial score (nSPS) is 13.2. The Morgan fingerprint density at radius 2 is 1.58 bits per heavy atom. The number of para-hydroxylation sites is 1. The average Bonchev–Trinajstić information content (AvgIpc) is 2.62. The molecule has 0 spiro atoms. The number of rotatable bonds is 6. The van der Waals surface area contributed by atoms with Crippen molar-refractivity contribution in [1.29, 1.82) is 0 Å². The molecular weight excluding hydrogens is 348 g/mol. The Morgan fingerprint density at radius 1 is 0.885 bits per heavy atom. The zero-order valence-corrected chi connectivity index (χ0v) is 15.4. The highest BCUT2D eigenvalue weighted by Crippen LogP contribution is 2.21. The number of nitrogens with two attached hydrogens (primary N) is 1. The number of hydrogen-bond donors (Lipinski definition) is 3. The van der Waals surface area contributed by atoms with Crippen molar-refractivity contribution < 1.29 is 0 Å². The highest BCUT2D eigenvalue weighted by Gasteiger charge is 2.15. The van der Waals surface area contributed by atoms with Gasteiger partial charge >= 0.3 is 0 Å². The van der Waals surface area contributed by atoms with Crippen LogP contribution < -0.4 is 16.4 Å². The molecule has 134 valence electrons. The monoisotopic (exact) mass is 368 g/mol. The van der Waals surface area contributed by atoms with Crippen LogP contribution in [0, 0.1) is 0 Å². The van der Waals surface area contributed by atoms with Crippen molar-refractivity contribution in [2.45, 2.75) is 25.9 Å². The van der Waals surface area contributed by atoms with E-state index >= 15 is 0 Å². The molecule has 0 amide bonds. The van der Waals surface area contributed by atoms with E-state index in [1.165, 1.54) is 0 Å². The molecule has 0 unspecified atom stereocenters. The summed E-state index contributed by atoms with van der Waals surface area (Å²) >= 11 is 5.95. The van der Waals surface area contributed by atoms with Gasteiger partial charge in [-0.25, -0.2) is 0 Å². The van der Waals surface area contributed by atoms with Crippen LogP contribution in [0.4, 0.5) is 17.6 Å². The van der Waals surface area contributed by atoms with E-state index in [0.717, 1.165) is 16.3 Å². The van der Waals surface area contributed by atoms with Crippen molar-refractivity contribution in [3.05, 3.63) is 71.0 Å². The van der Waals surface area contributed by atoms with E-state index in [-0.39, 0.29) is 18.0 Å². The lowest BCUT2D eigenvalue weighted by atomic mass is 10.1. The summed E-state index contributed by atoms with van der Waals surface area (Å²) in [6, 6.07) is 17.4. The second kappa shape index (κ2) is 8.12. The van der Waals surface area contributed by atoms with Crippen molar-refractivity contribution in [2.24, 2.45) is 0 Å². The van der Waals surface area contributed by atoms with Crippen LogP contribution in [0.15, 0.2) is 54.6 Å². The highest BCUT2D eigenvalue weighted by atomic mass is 35.5. The minimum absolute atomic E-state index is 0.103. The van der Waals surface area contributed by atoms with Crippen molar-refractivity contribution in [3.63, 3.8) is 0 Å². The van der Waals surface area contributed by atoms with Gasteiger partial charge in [-0.15, -0.1) is 0 Å². The Hall–Kier alpha value is -2.70. The van der Waals surface area contributed by atoms with E-state index in [1.54, 1.807) is 0 Å². The van der Waals surface area contributed by atoms with Gasteiger partial charge in [-0.2, -0.15) is 15.0 Å². The molecule has 1 heterocycles. The van der Waals surface area contributed by atoms with E-state index in [1.807, 2.05) is 61.5 Å². The van der Waals surface area contributed by atoms with Gasteiger partial charge in [0.05, 0.1) is 6.04 Å². The molecule has 2 aromatic carbocycles. The summed E-state index contributed by atoms with van der Waals surface area (Å²) in [5, 5.41) is 7.34. The topological polar surface area (TPSA) is 88.8 Å². The molecule has 4 N–H and O–H groups in total. The van der Waals surface area contributed by atoms with Crippen molar-refractivity contribution >= 4 is 29.2 Å². The molecule has 7 heteroatoms. The summed E-state index contributed by atoms with van der Waals surface area (Å²) in [5.74, 6) is 1.18. The molecule has 1 aromatic heterocycles. The van der Waals surface area contributed by atoms with Gasteiger partial charge < -0.3 is 16.4 Å². The molecule has 6 nitrogen and oxygen atoms in total. The quantitative estimate of drug-likeness (QED) is 0.602. The van der Waals surface area contributed by atoms with E-state index in [2.05, 4.69) is 32.5 Å². The van der Waals surface area contributed by atoms with Crippen LogP contribution in [0.3, 0.4) is 0 Å². The fraction of sp³-hybridized carbons (Fsp3) is 0.211. The molecule has 3 rings (SSSR count). The smallest absolute Gasteiger partial charge is 0.232 e. The lowest BCUT2D eigenvalue weighted by Crippen LogP contribution is -2.25. The second-order valence-corrected chi connectivity index (χ2v) is 6.46. The zero-order valence-electron chi connectivity index (χ0n) is 14.6. The first-order valence-electron chi connectivity index (χ1n) is 8.36. The number of halogens is 1. The van der Waals surface area contributed by atoms with Gasteiger partial charge in [0.15, 0.2) is 5.82 Å². The number of anilines is 3. The number of hydrogen-bond acceptors (Lipinski definition) is 6. The molecule has 3 aromatic rings. The van der Waals surface area contributed by atoms with Gasteiger partial charge in [0, 0.05) is 16.8 Å². The first-order valence-corrected chi connectivity index (χ1v) is 8.74. The largest absolute Gasteiger partial charge is 0.368 e. The Labute approximate surface area is 157 Å². The molecule has 0 bridgehead atoms. The SMILES string of the molecule is C[C@H](N[C@@H](C)c1nc(N)nc(Nc2ccccc2)n1)c1ccc(Cl)cc1. The van der Waals surface area contributed by atoms with Crippen LogP contribution >= 0.6 is 11.6 Å². The Kier molecular flexibility index (Phi) is 5.65. The van der Waals surface area contributed by atoms with Gasteiger partial charge in [0.2, 0.25) is 11.9 Å². The molecule has 0 aliphatic rings. The maximum Gasteiger partial charge on any atom is 0.232 e. The minimum atomic E-state index is -0.109. The standard InChI is InChI=1S/C19H21ClN6/c1-12(14-8-10-15(20)11-9-14)22-13(2)17-24-18(21)26-19(25-17)23-16-6-4-3-5-7-16/h3-13,22H,1-2H3,(H3,21,23,24,25,26)/t12-,13-/m0/s1. The van der Waals surface area contributed by atoms with Crippen LogP contribution in [0.5, 0.6) is 0 Å². The van der Waals surface area contributed by atoms with E-state index in [9.17, 15) is 0 Å². The van der Waals surface area contributed by atoms with Crippen LogP contribution in [0.2, 0.25) is 5.02 Å². The molecule has 0 radical (unpaired) electrons. The lowest BCUT2D eigenvalue weighted by molar-refractivity contribution is 0.476. The van der Waals surface area contributed by atoms with Gasteiger partial charge in [-0.1, -0.05) is 41.9 Å². The van der Waals surface area contributed by atoms with Crippen LogP contribution in [-0.2, 0) is 0 Å². The fourth-order valence-corrected chi connectivity index (χ4v) is 2.73. The maximum absolute atomic E-state index is 5.95. The van der Waals surface area contributed by atoms with Gasteiger partial charge in [-0.3, -0.25) is 0 Å². The summed E-state index contributed by atoms with van der Waals surface area (Å²) in [6.07, 6.45) is 0. The molecule has 0 fully saturated rings. The molecule has 0 aliphatic carbocycles. The lowest BCUT2D eigenvalue weighted by Gasteiger charge is -2.20. The van der Waals surface area contributed by atoms with Crippen molar-refractivity contribution in [2.75, 3.05) is 11.1 Å². The Balaban J connectivity index is 1.74. The Morgan fingerprint density at radius 3 is 2.27 bits per heavy atom. The van der Waals surface area contributed by atoms with Crippen molar-refractivity contribution in [1.82, 2.24) is 20.3 Å². The van der Waals surface area contributed by atoms with Crippen LogP contribution in [0.1, 0.15) is 37.3 Å². The van der Waals surface area contributed by atoms with Gasteiger partial charge in [0.1, 0.15) is 0 Å². The summed E-state index contributed by atoms with van der Waals surface area (Å²) in [5.41, 5.74) is 7.88. The average molecular weight is 369 g/mol. The van der Waals surface area contributed by atoms with E-state index < -0.39 is 0 Å². The van der Waals surface area contributed by atoms with Gasteiger partial charge in [-0.05, 0) is 43.7 Å². The molecule has 0 aliphatic heterocycles. The van der Waals surface area contributed by atoms with E-state index in [4.69, 9.17) is 17.3 Å². The third-order valence-corrected chi connectivity index (χ3v) is 4.21. The summed E-state index contributed by atoms with van der Waals surface area (Å²) in [6.45, 7) is 4.07. The first-order chi connectivity index (χ1) is 12.5. The number of nitrogens with zero attached hydrogens (tertiary/aromatic N) is 3. The number of nitrogen functional groups attached to an aromatic ring is 1. The zero-order chi connectivity index (χ0) is 18.5. The van der Waals surface area contributed by atoms with E-state index in [0.29, 0.717) is 11.8 Å². The second-order valence-electron chi connectivity index (χ2n) is 6.03. The molecule has 26 heavy (non-hydrogen) atoms. The van der Waals surface area contributed by atoms with Crippen molar-refractivity contribution in [3.8, 4) is 0 Å². The number of aromatic nitrogens is 3. The third kappa shape index (κ3) is 4.68. The fourth-order valence-electron chi connectivity index (χ4n) is 2.61. The molecule has 0 saturated heterocycles. The molecule has 2 atom stereocenters. The number of nitrogens with one attached hydrogen (secondary N) is 2. The highest BCUT2D eigenvalue weighted by molar-refractivity contribution is 6.30. The maximum atomic E-state index is 5.95. The third-order valence-electron chi connectivity index (χ3n) is 3.96. The first kappa shape index (κ1) is 18.1.